The van der Waals surface area contributed by atoms with Gasteiger partial charge in [0.25, 0.3) is 0 Å². The molecule has 0 saturated heterocycles. The molecule has 9 heteroatoms. The average molecular weight is 286 g/mol. The first kappa shape index (κ1) is 15.1. The van der Waals surface area contributed by atoms with Crippen molar-refractivity contribution in [2.75, 3.05) is 6.54 Å². The molecule has 0 unspecified atom stereocenters. The number of carbonyl (C=O) groups is 1. The van der Waals surface area contributed by atoms with E-state index in [4.69, 9.17) is 10.4 Å². The van der Waals surface area contributed by atoms with Gasteiger partial charge >= 0.3 is 5.97 Å². The van der Waals surface area contributed by atoms with E-state index in [0.717, 1.165) is 6.20 Å². The highest BCUT2D eigenvalue weighted by Gasteiger charge is 2.15. The number of carboxylic acid groups (broad SMARTS) is 1. The molecule has 0 fully saturated rings. The highest BCUT2D eigenvalue weighted by atomic mass is 32.2. The van der Waals surface area contributed by atoms with Crippen LogP contribution < -0.4 is 4.72 Å². The quantitative estimate of drug-likeness (QED) is 0.645. The van der Waals surface area contributed by atoms with Crippen molar-refractivity contribution in [2.45, 2.75) is 30.7 Å². The fourth-order valence-electron chi connectivity index (χ4n) is 1.27. The lowest BCUT2D eigenvalue weighted by molar-refractivity contribution is -0.137. The number of aryl methyl sites for hydroxylation is 1. The number of hydrogen-bond donors (Lipinski definition) is 2. The zero-order valence-corrected chi connectivity index (χ0v) is 10.9. The van der Waals surface area contributed by atoms with Crippen molar-refractivity contribution in [1.29, 1.82) is 5.26 Å². The van der Waals surface area contributed by atoms with E-state index in [0.29, 0.717) is 6.42 Å². The molecule has 0 aliphatic carbocycles. The van der Waals surface area contributed by atoms with Gasteiger partial charge in [0.2, 0.25) is 10.0 Å². The third-order valence-corrected chi connectivity index (χ3v) is 3.65. The van der Waals surface area contributed by atoms with E-state index in [1.165, 1.54) is 10.9 Å². The molecule has 1 heterocycles. The highest BCUT2D eigenvalue weighted by Crippen LogP contribution is 2.07. The lowest BCUT2D eigenvalue weighted by Crippen LogP contribution is -2.24. The van der Waals surface area contributed by atoms with Crippen molar-refractivity contribution in [3.05, 3.63) is 12.4 Å². The third-order valence-electron chi connectivity index (χ3n) is 2.23. The van der Waals surface area contributed by atoms with Gasteiger partial charge in [-0.1, -0.05) is 0 Å². The first-order chi connectivity index (χ1) is 8.95. The zero-order chi connectivity index (χ0) is 14.3. The number of nitrogens with one attached hydrogen (secondary N) is 1. The van der Waals surface area contributed by atoms with Crippen LogP contribution in [0.5, 0.6) is 0 Å². The van der Waals surface area contributed by atoms with Gasteiger partial charge in [0, 0.05) is 19.2 Å². The second kappa shape index (κ2) is 6.86. The Morgan fingerprint density at radius 1 is 1.58 bits per heavy atom. The van der Waals surface area contributed by atoms with Crippen molar-refractivity contribution in [3.63, 3.8) is 0 Å². The molecule has 19 heavy (non-hydrogen) atoms. The van der Waals surface area contributed by atoms with Gasteiger partial charge in [-0.25, -0.2) is 13.1 Å². The molecule has 1 rings (SSSR count). The summed E-state index contributed by atoms with van der Waals surface area (Å²) in [5, 5.41) is 20.6. The fourth-order valence-corrected chi connectivity index (χ4v) is 2.30. The van der Waals surface area contributed by atoms with Crippen LogP contribution in [0.3, 0.4) is 0 Å². The topological polar surface area (TPSA) is 125 Å². The largest absolute Gasteiger partial charge is 0.481 e. The normalized spacial score (nSPS) is 11.1. The van der Waals surface area contributed by atoms with Gasteiger partial charge < -0.3 is 5.11 Å². The van der Waals surface area contributed by atoms with Gasteiger partial charge in [0.1, 0.15) is 4.90 Å². The predicted octanol–water partition coefficient (Wildman–Crippen LogP) is -0.0601. The number of sulfonamides is 1. The molecule has 104 valence electrons. The first-order valence-electron chi connectivity index (χ1n) is 5.56. The summed E-state index contributed by atoms with van der Waals surface area (Å²) in [6, 6.07) is 1.92. The zero-order valence-electron chi connectivity index (χ0n) is 10.1. The van der Waals surface area contributed by atoms with Crippen LogP contribution in [0.2, 0.25) is 0 Å². The molecule has 0 aliphatic heterocycles. The predicted molar refractivity (Wildman–Crippen MR) is 64.5 cm³/mol. The minimum Gasteiger partial charge on any atom is -0.481 e. The standard InChI is InChI=1S/C10H14N4O4S/c11-4-1-2-5-13-19(17,18)9-7-12-14(8-9)6-3-10(15)16/h7-8,13H,1-3,5-6H2,(H,15,16). The fraction of sp³-hybridized carbons (Fsp3) is 0.500. The van der Waals surface area contributed by atoms with Gasteiger partial charge in [-0.15, -0.1) is 0 Å². The first-order valence-corrected chi connectivity index (χ1v) is 7.05. The summed E-state index contributed by atoms with van der Waals surface area (Å²) in [6.07, 6.45) is 3.02. The van der Waals surface area contributed by atoms with E-state index >= 15 is 0 Å². The van der Waals surface area contributed by atoms with Gasteiger partial charge in [-0.05, 0) is 6.42 Å². The molecular formula is C10H14N4O4S. The molecule has 1 aromatic heterocycles. The summed E-state index contributed by atoms with van der Waals surface area (Å²) >= 11 is 0. The number of aromatic nitrogens is 2. The number of rotatable bonds is 8. The molecule has 1 aromatic rings. The van der Waals surface area contributed by atoms with E-state index in [9.17, 15) is 13.2 Å². The van der Waals surface area contributed by atoms with Crippen LogP contribution in [-0.4, -0.2) is 35.8 Å². The third kappa shape index (κ3) is 5.07. The van der Waals surface area contributed by atoms with Gasteiger partial charge in [0.05, 0.1) is 25.2 Å². The Balaban J connectivity index is 2.59. The Morgan fingerprint density at radius 2 is 2.32 bits per heavy atom. The number of nitrogens with zero attached hydrogens (tertiary/aromatic N) is 3. The molecule has 0 saturated carbocycles. The second-order valence-corrected chi connectivity index (χ2v) is 5.51. The minimum absolute atomic E-state index is 0.0187. The lowest BCUT2D eigenvalue weighted by Gasteiger charge is -2.02. The van der Waals surface area contributed by atoms with Crippen molar-refractivity contribution in [1.82, 2.24) is 14.5 Å². The Hall–Kier alpha value is -1.92. The summed E-state index contributed by atoms with van der Waals surface area (Å²) in [7, 11) is -3.65. The van der Waals surface area contributed by atoms with Crippen LogP contribution in [-0.2, 0) is 21.4 Å². The van der Waals surface area contributed by atoms with Crippen LogP contribution in [0, 0.1) is 11.3 Å². The molecule has 2 N–H and O–H groups in total. The summed E-state index contributed by atoms with van der Waals surface area (Å²) in [4.78, 5) is 10.4. The average Bonchev–Trinajstić information content (AvgIpc) is 2.82. The Labute approximate surface area is 110 Å². The summed E-state index contributed by atoms with van der Waals surface area (Å²) in [5.74, 6) is -0.977. The Morgan fingerprint density at radius 3 is 2.95 bits per heavy atom. The molecule has 0 amide bonds. The molecule has 0 spiro atoms. The number of unbranched alkanes of at least 4 members (excludes halogenated alkanes) is 1. The van der Waals surface area contributed by atoms with Gasteiger partial charge in [-0.2, -0.15) is 10.4 Å². The number of hydrogen-bond acceptors (Lipinski definition) is 5. The SMILES string of the molecule is N#CCCCNS(=O)(=O)c1cnn(CCC(=O)O)c1. The number of aliphatic carboxylic acids is 1. The van der Waals surface area contributed by atoms with Crippen molar-refractivity contribution in [3.8, 4) is 6.07 Å². The summed E-state index contributed by atoms with van der Waals surface area (Å²) in [5.41, 5.74) is 0. The maximum atomic E-state index is 11.8. The molecular weight excluding hydrogens is 272 g/mol. The lowest BCUT2D eigenvalue weighted by atomic mass is 10.3. The van der Waals surface area contributed by atoms with Crippen LogP contribution >= 0.6 is 0 Å². The van der Waals surface area contributed by atoms with E-state index in [1.54, 1.807) is 0 Å². The van der Waals surface area contributed by atoms with Crippen LogP contribution in [0.1, 0.15) is 19.3 Å². The van der Waals surface area contributed by atoms with Crippen LogP contribution in [0.25, 0.3) is 0 Å². The summed E-state index contributed by atoms with van der Waals surface area (Å²) in [6.45, 7) is 0.287. The summed E-state index contributed by atoms with van der Waals surface area (Å²) < 4.78 is 27.2. The van der Waals surface area contributed by atoms with E-state index in [-0.39, 0.29) is 30.8 Å². The van der Waals surface area contributed by atoms with E-state index < -0.39 is 16.0 Å². The number of nitriles is 1. The second-order valence-electron chi connectivity index (χ2n) is 3.74. The molecule has 0 aliphatic rings. The van der Waals surface area contributed by atoms with Crippen molar-refractivity contribution in [2.24, 2.45) is 0 Å². The molecule has 8 nitrogen and oxygen atoms in total. The van der Waals surface area contributed by atoms with Crippen molar-refractivity contribution < 1.29 is 18.3 Å². The van der Waals surface area contributed by atoms with Gasteiger partial charge in [0.15, 0.2) is 0 Å². The van der Waals surface area contributed by atoms with E-state index in [1.807, 2.05) is 6.07 Å². The van der Waals surface area contributed by atoms with Gasteiger partial charge in [-0.3, -0.25) is 9.48 Å². The number of carboxylic acids is 1. The van der Waals surface area contributed by atoms with Crippen LogP contribution in [0.15, 0.2) is 17.3 Å². The molecule has 0 aromatic carbocycles. The van der Waals surface area contributed by atoms with E-state index in [2.05, 4.69) is 9.82 Å². The van der Waals surface area contributed by atoms with Crippen molar-refractivity contribution >= 4 is 16.0 Å². The van der Waals surface area contributed by atoms with Crippen LogP contribution in [0.4, 0.5) is 0 Å². The smallest absolute Gasteiger partial charge is 0.305 e. The molecule has 0 bridgehead atoms. The maximum absolute atomic E-state index is 11.8. The molecule has 0 radical (unpaired) electrons. The monoisotopic (exact) mass is 286 g/mol. The Kier molecular flexibility index (Phi) is 5.47. The highest BCUT2D eigenvalue weighted by molar-refractivity contribution is 7.89. The molecule has 0 atom stereocenters. The Bertz CT molecular complexity index is 573. The minimum atomic E-state index is -3.65. The maximum Gasteiger partial charge on any atom is 0.305 e.